The number of aromatic nitrogens is 3. The molecule has 7 nitrogen and oxygen atoms in total. The van der Waals surface area contributed by atoms with Crippen LogP contribution in [0.25, 0.3) is 0 Å². The Morgan fingerprint density at radius 2 is 2.07 bits per heavy atom. The maximum atomic E-state index is 12.7. The Hall–Kier alpha value is -2.41. The highest BCUT2D eigenvalue weighted by molar-refractivity contribution is 6.03. The van der Waals surface area contributed by atoms with E-state index in [9.17, 15) is 4.79 Å². The van der Waals surface area contributed by atoms with Crippen LogP contribution in [0, 0.1) is 0 Å². The largest absolute Gasteiger partial charge is 0.476 e. The molecule has 7 heteroatoms. The first-order valence-corrected chi connectivity index (χ1v) is 9.39. The van der Waals surface area contributed by atoms with Crippen molar-refractivity contribution in [3.05, 3.63) is 35.8 Å². The summed E-state index contributed by atoms with van der Waals surface area (Å²) in [6, 6.07) is 5.41. The highest BCUT2D eigenvalue weighted by atomic mass is 16.5. The van der Waals surface area contributed by atoms with Crippen LogP contribution in [-0.2, 0) is 5.54 Å². The minimum absolute atomic E-state index is 0.152. The van der Waals surface area contributed by atoms with Crippen molar-refractivity contribution in [3.8, 4) is 5.88 Å². The van der Waals surface area contributed by atoms with E-state index in [0.29, 0.717) is 29.8 Å². The zero-order valence-electron chi connectivity index (χ0n) is 16.8. The lowest BCUT2D eigenvalue weighted by Crippen LogP contribution is -2.25. The molecule has 1 N–H and O–H groups in total. The number of anilines is 1. The van der Waals surface area contributed by atoms with Gasteiger partial charge in [0.1, 0.15) is 6.61 Å². The number of hydrogen-bond acceptors (Lipinski definition) is 5. The standard InChI is InChI=1S/C20H29N5O2/c1-20(2,3)25-17(14-6-7-14)13-16(23-25)19(26)22-15-8-9-21-18(12-15)27-11-10-24(4)5/h8-9,12-14H,6-7,10-11H2,1-5H3,(H,21,22,26). The van der Waals surface area contributed by atoms with Gasteiger partial charge in [-0.25, -0.2) is 4.98 Å². The molecule has 0 atom stereocenters. The van der Waals surface area contributed by atoms with E-state index in [4.69, 9.17) is 4.74 Å². The van der Waals surface area contributed by atoms with Gasteiger partial charge in [0.2, 0.25) is 5.88 Å². The number of nitrogens with zero attached hydrogens (tertiary/aromatic N) is 4. The van der Waals surface area contributed by atoms with Crippen molar-refractivity contribution >= 4 is 11.6 Å². The number of hydrogen-bond donors (Lipinski definition) is 1. The van der Waals surface area contributed by atoms with E-state index in [0.717, 1.165) is 12.2 Å². The maximum absolute atomic E-state index is 12.7. The van der Waals surface area contributed by atoms with Gasteiger partial charge in [-0.1, -0.05) is 0 Å². The van der Waals surface area contributed by atoms with Crippen molar-refractivity contribution in [2.24, 2.45) is 0 Å². The molecule has 0 aromatic carbocycles. The zero-order chi connectivity index (χ0) is 19.6. The molecule has 0 bridgehead atoms. The minimum Gasteiger partial charge on any atom is -0.476 e. The van der Waals surface area contributed by atoms with Crippen LogP contribution in [0.2, 0.25) is 0 Å². The maximum Gasteiger partial charge on any atom is 0.276 e. The monoisotopic (exact) mass is 371 g/mol. The molecule has 2 aromatic rings. The molecule has 0 aliphatic heterocycles. The second kappa shape index (κ2) is 7.68. The molecule has 1 saturated carbocycles. The van der Waals surface area contributed by atoms with Crippen LogP contribution in [0.15, 0.2) is 24.4 Å². The van der Waals surface area contributed by atoms with Gasteiger partial charge in [-0.2, -0.15) is 5.10 Å². The summed E-state index contributed by atoms with van der Waals surface area (Å²) < 4.78 is 7.62. The average Bonchev–Trinajstić information content (AvgIpc) is 3.31. The third-order valence-corrected chi connectivity index (χ3v) is 4.38. The number of nitrogens with one attached hydrogen (secondary N) is 1. The Bertz CT molecular complexity index is 803. The first-order valence-electron chi connectivity index (χ1n) is 9.39. The van der Waals surface area contributed by atoms with E-state index in [1.54, 1.807) is 18.3 Å². The predicted octanol–water partition coefficient (Wildman–Crippen LogP) is 3.10. The quantitative estimate of drug-likeness (QED) is 0.810. The van der Waals surface area contributed by atoms with Crippen molar-refractivity contribution in [1.82, 2.24) is 19.7 Å². The molecule has 2 aromatic heterocycles. The fourth-order valence-electron chi connectivity index (χ4n) is 2.81. The molecule has 0 unspecified atom stereocenters. The molecule has 146 valence electrons. The molecular weight excluding hydrogens is 342 g/mol. The van der Waals surface area contributed by atoms with Crippen molar-refractivity contribution in [1.29, 1.82) is 0 Å². The van der Waals surface area contributed by atoms with Gasteiger partial charge >= 0.3 is 0 Å². The summed E-state index contributed by atoms with van der Waals surface area (Å²) >= 11 is 0. The minimum atomic E-state index is -0.217. The summed E-state index contributed by atoms with van der Waals surface area (Å²) in [5.41, 5.74) is 2.09. The zero-order valence-corrected chi connectivity index (χ0v) is 16.8. The summed E-state index contributed by atoms with van der Waals surface area (Å²) in [4.78, 5) is 18.9. The van der Waals surface area contributed by atoms with E-state index in [1.165, 1.54) is 12.8 Å². The number of pyridine rings is 1. The van der Waals surface area contributed by atoms with Gasteiger partial charge in [0.25, 0.3) is 5.91 Å². The summed E-state index contributed by atoms with van der Waals surface area (Å²) in [5, 5.41) is 7.49. The van der Waals surface area contributed by atoms with E-state index in [2.05, 4.69) is 36.2 Å². The molecule has 0 radical (unpaired) electrons. The fraction of sp³-hybridized carbons (Fsp3) is 0.550. The highest BCUT2D eigenvalue weighted by Crippen LogP contribution is 2.41. The van der Waals surface area contributed by atoms with E-state index in [1.807, 2.05) is 29.7 Å². The lowest BCUT2D eigenvalue weighted by Gasteiger charge is -2.22. The van der Waals surface area contributed by atoms with Gasteiger partial charge in [-0.3, -0.25) is 9.48 Å². The van der Waals surface area contributed by atoms with Crippen LogP contribution in [-0.4, -0.2) is 52.8 Å². The molecule has 27 heavy (non-hydrogen) atoms. The van der Waals surface area contributed by atoms with E-state index in [-0.39, 0.29) is 11.4 Å². The van der Waals surface area contributed by atoms with Gasteiger partial charge in [0.05, 0.1) is 5.54 Å². The average molecular weight is 371 g/mol. The van der Waals surface area contributed by atoms with E-state index >= 15 is 0 Å². The van der Waals surface area contributed by atoms with Crippen LogP contribution in [0.1, 0.15) is 55.7 Å². The van der Waals surface area contributed by atoms with E-state index < -0.39 is 0 Å². The number of carbonyl (C=O) groups excluding carboxylic acids is 1. The first-order chi connectivity index (χ1) is 12.7. The van der Waals surface area contributed by atoms with Gasteiger partial charge in [-0.15, -0.1) is 0 Å². The summed E-state index contributed by atoms with van der Waals surface area (Å²) in [6.07, 6.45) is 3.96. The normalized spacial score (nSPS) is 14.4. The summed E-state index contributed by atoms with van der Waals surface area (Å²) in [6.45, 7) is 7.65. The lowest BCUT2D eigenvalue weighted by atomic mass is 10.1. The smallest absolute Gasteiger partial charge is 0.276 e. The Kier molecular flexibility index (Phi) is 5.51. The Morgan fingerprint density at radius 3 is 2.70 bits per heavy atom. The molecule has 0 saturated heterocycles. The lowest BCUT2D eigenvalue weighted by molar-refractivity contribution is 0.102. The van der Waals surface area contributed by atoms with Crippen molar-refractivity contribution in [3.63, 3.8) is 0 Å². The first kappa shape index (κ1) is 19.4. The van der Waals surface area contributed by atoms with Gasteiger partial charge in [-0.05, 0) is 59.8 Å². The van der Waals surface area contributed by atoms with Crippen LogP contribution in [0.3, 0.4) is 0 Å². The van der Waals surface area contributed by atoms with Crippen molar-refractivity contribution < 1.29 is 9.53 Å². The predicted molar refractivity (Wildman–Crippen MR) is 105 cm³/mol. The van der Waals surface area contributed by atoms with Crippen molar-refractivity contribution in [2.75, 3.05) is 32.6 Å². The Balaban J connectivity index is 1.70. The molecule has 1 fully saturated rings. The molecule has 2 heterocycles. The SMILES string of the molecule is CN(C)CCOc1cc(NC(=O)c2cc(C3CC3)n(C(C)(C)C)n2)ccn1. The van der Waals surface area contributed by atoms with Crippen LogP contribution >= 0.6 is 0 Å². The highest BCUT2D eigenvalue weighted by Gasteiger charge is 2.32. The number of likely N-dealkylation sites (N-methyl/N-ethyl adjacent to an activating group) is 1. The summed E-state index contributed by atoms with van der Waals surface area (Å²) in [5.74, 6) is 0.801. The molecule has 1 aliphatic rings. The molecule has 1 aliphatic carbocycles. The molecule has 3 rings (SSSR count). The number of amides is 1. The Morgan fingerprint density at radius 1 is 1.33 bits per heavy atom. The second-order valence-electron chi connectivity index (χ2n) is 8.30. The molecule has 0 spiro atoms. The number of rotatable bonds is 7. The topological polar surface area (TPSA) is 72.3 Å². The van der Waals surface area contributed by atoms with Crippen LogP contribution < -0.4 is 10.1 Å². The summed E-state index contributed by atoms with van der Waals surface area (Å²) in [7, 11) is 3.97. The second-order valence-corrected chi connectivity index (χ2v) is 8.30. The van der Waals surface area contributed by atoms with Crippen LogP contribution in [0.4, 0.5) is 5.69 Å². The third kappa shape index (κ3) is 5.07. The number of ether oxygens (including phenoxy) is 1. The van der Waals surface area contributed by atoms with Gasteiger partial charge in [0, 0.05) is 36.1 Å². The molecule has 1 amide bonds. The van der Waals surface area contributed by atoms with Crippen molar-refractivity contribution in [2.45, 2.75) is 45.1 Å². The van der Waals surface area contributed by atoms with Crippen LogP contribution in [0.5, 0.6) is 5.88 Å². The van der Waals surface area contributed by atoms with Gasteiger partial charge < -0.3 is 15.0 Å². The fourth-order valence-corrected chi connectivity index (χ4v) is 2.81. The van der Waals surface area contributed by atoms with Gasteiger partial charge in [0.15, 0.2) is 5.69 Å². The number of carbonyl (C=O) groups is 1. The third-order valence-electron chi connectivity index (χ3n) is 4.38. The molecular formula is C20H29N5O2. The Labute approximate surface area is 160 Å².